The molecule has 2 aliphatic rings. The van der Waals surface area contributed by atoms with Gasteiger partial charge in [0.25, 0.3) is 0 Å². The molecule has 0 aromatic heterocycles. The number of ether oxygens (including phenoxy) is 1. The molecule has 1 amide bonds. The monoisotopic (exact) mass is 349 g/mol. The highest BCUT2D eigenvalue weighted by atomic mass is 19.1. The van der Waals surface area contributed by atoms with Gasteiger partial charge in [-0.1, -0.05) is 12.1 Å². The normalized spacial score (nSPS) is 20.4. The number of rotatable bonds is 8. The standard InChI is InChI=1S/C19H28FN3O2/c1-2-25-14-13-22-9-11-23(12-10-22)18(19(24)21-17-7-8-17)15-3-5-16(20)6-4-15/h3-6,17-18H,2,7-14H2,1H3,(H,21,24)/t18-/m0/s1. The topological polar surface area (TPSA) is 44.8 Å². The van der Waals surface area contributed by atoms with E-state index in [2.05, 4.69) is 15.1 Å². The van der Waals surface area contributed by atoms with Crippen LogP contribution in [0.3, 0.4) is 0 Å². The summed E-state index contributed by atoms with van der Waals surface area (Å²) in [6.45, 7) is 7.91. The summed E-state index contributed by atoms with van der Waals surface area (Å²) in [4.78, 5) is 17.4. The van der Waals surface area contributed by atoms with Gasteiger partial charge < -0.3 is 10.1 Å². The lowest BCUT2D eigenvalue weighted by Gasteiger charge is -2.38. The average molecular weight is 349 g/mol. The maximum atomic E-state index is 13.3. The fourth-order valence-corrected chi connectivity index (χ4v) is 3.26. The lowest BCUT2D eigenvalue weighted by atomic mass is 10.0. The van der Waals surface area contributed by atoms with Crippen LogP contribution in [0.15, 0.2) is 24.3 Å². The highest BCUT2D eigenvalue weighted by molar-refractivity contribution is 5.83. The van der Waals surface area contributed by atoms with E-state index in [1.807, 2.05) is 6.92 Å². The summed E-state index contributed by atoms with van der Waals surface area (Å²) in [5, 5.41) is 3.11. The molecule has 1 aromatic carbocycles. The SMILES string of the molecule is CCOCCN1CCN([C@H](C(=O)NC2CC2)c2ccc(F)cc2)CC1. The molecule has 1 aromatic rings. The number of piperazine rings is 1. The molecular formula is C19H28FN3O2. The predicted molar refractivity (Wildman–Crippen MR) is 94.8 cm³/mol. The van der Waals surface area contributed by atoms with Gasteiger partial charge in [-0.25, -0.2) is 4.39 Å². The molecule has 1 atom stereocenters. The molecule has 1 aliphatic heterocycles. The van der Waals surface area contributed by atoms with E-state index in [4.69, 9.17) is 4.74 Å². The second-order valence-corrected chi connectivity index (χ2v) is 6.81. The Morgan fingerprint density at radius 2 is 1.92 bits per heavy atom. The van der Waals surface area contributed by atoms with Crippen molar-refractivity contribution in [2.45, 2.75) is 31.8 Å². The molecule has 0 bridgehead atoms. The van der Waals surface area contributed by atoms with Crippen molar-refractivity contribution < 1.29 is 13.9 Å². The van der Waals surface area contributed by atoms with Crippen LogP contribution in [0.25, 0.3) is 0 Å². The number of nitrogens with zero attached hydrogens (tertiary/aromatic N) is 2. The third-order valence-electron chi connectivity index (χ3n) is 4.89. The summed E-state index contributed by atoms with van der Waals surface area (Å²) in [6, 6.07) is 6.32. The second kappa shape index (κ2) is 8.74. The molecule has 138 valence electrons. The number of hydrogen-bond donors (Lipinski definition) is 1. The largest absolute Gasteiger partial charge is 0.380 e. The third-order valence-corrected chi connectivity index (χ3v) is 4.89. The molecular weight excluding hydrogens is 321 g/mol. The quantitative estimate of drug-likeness (QED) is 0.727. The fraction of sp³-hybridized carbons (Fsp3) is 0.632. The average Bonchev–Trinajstić information content (AvgIpc) is 3.42. The molecule has 1 heterocycles. The Kier molecular flexibility index (Phi) is 6.39. The number of carbonyl (C=O) groups excluding carboxylic acids is 1. The van der Waals surface area contributed by atoms with E-state index in [1.54, 1.807) is 12.1 Å². The van der Waals surface area contributed by atoms with Crippen molar-refractivity contribution in [1.29, 1.82) is 0 Å². The van der Waals surface area contributed by atoms with Gasteiger partial charge in [0.1, 0.15) is 11.9 Å². The maximum Gasteiger partial charge on any atom is 0.242 e. The highest BCUT2D eigenvalue weighted by Gasteiger charge is 2.33. The van der Waals surface area contributed by atoms with Crippen LogP contribution in [0.4, 0.5) is 4.39 Å². The molecule has 1 saturated carbocycles. The van der Waals surface area contributed by atoms with Gasteiger partial charge in [0.05, 0.1) is 6.61 Å². The second-order valence-electron chi connectivity index (χ2n) is 6.81. The molecule has 0 spiro atoms. The minimum Gasteiger partial charge on any atom is -0.380 e. The van der Waals surface area contributed by atoms with Gasteiger partial charge in [-0.15, -0.1) is 0 Å². The lowest BCUT2D eigenvalue weighted by Crippen LogP contribution is -2.51. The molecule has 5 nitrogen and oxygen atoms in total. The van der Waals surface area contributed by atoms with Crippen molar-refractivity contribution in [3.8, 4) is 0 Å². The first-order chi connectivity index (χ1) is 12.2. The number of amides is 1. The predicted octanol–water partition coefficient (Wildman–Crippen LogP) is 1.80. The Bertz CT molecular complexity index is 554. The molecule has 2 fully saturated rings. The van der Waals surface area contributed by atoms with Gasteiger partial charge in [0.15, 0.2) is 0 Å². The van der Waals surface area contributed by atoms with E-state index in [-0.39, 0.29) is 17.8 Å². The Morgan fingerprint density at radius 1 is 1.24 bits per heavy atom. The molecule has 0 radical (unpaired) electrons. The number of hydrogen-bond acceptors (Lipinski definition) is 4. The first-order valence-electron chi connectivity index (χ1n) is 9.27. The fourth-order valence-electron chi connectivity index (χ4n) is 3.26. The van der Waals surface area contributed by atoms with Crippen LogP contribution in [-0.2, 0) is 9.53 Å². The van der Waals surface area contributed by atoms with Gasteiger partial charge in [0.2, 0.25) is 5.91 Å². The molecule has 0 unspecified atom stereocenters. The van der Waals surface area contributed by atoms with Gasteiger partial charge in [-0.2, -0.15) is 0 Å². The van der Waals surface area contributed by atoms with Gasteiger partial charge in [-0.3, -0.25) is 14.6 Å². The Balaban J connectivity index is 1.63. The van der Waals surface area contributed by atoms with Crippen LogP contribution >= 0.6 is 0 Å². The summed E-state index contributed by atoms with van der Waals surface area (Å²) < 4.78 is 18.7. The van der Waals surface area contributed by atoms with E-state index in [9.17, 15) is 9.18 Å². The van der Waals surface area contributed by atoms with Crippen LogP contribution < -0.4 is 5.32 Å². The number of benzene rings is 1. The van der Waals surface area contributed by atoms with Gasteiger partial charge in [0, 0.05) is 45.4 Å². The number of halogens is 1. The van der Waals surface area contributed by atoms with E-state index < -0.39 is 0 Å². The molecule has 1 saturated heterocycles. The van der Waals surface area contributed by atoms with Gasteiger partial charge >= 0.3 is 0 Å². The van der Waals surface area contributed by atoms with E-state index in [1.165, 1.54) is 12.1 Å². The van der Waals surface area contributed by atoms with Crippen molar-refractivity contribution in [2.75, 3.05) is 45.9 Å². The van der Waals surface area contributed by atoms with Crippen molar-refractivity contribution in [1.82, 2.24) is 15.1 Å². The molecule has 6 heteroatoms. The lowest BCUT2D eigenvalue weighted by molar-refractivity contribution is -0.127. The molecule has 25 heavy (non-hydrogen) atoms. The van der Waals surface area contributed by atoms with Crippen LogP contribution in [0.2, 0.25) is 0 Å². The first kappa shape index (κ1) is 18.3. The van der Waals surface area contributed by atoms with Gasteiger partial charge in [-0.05, 0) is 37.5 Å². The van der Waals surface area contributed by atoms with E-state index >= 15 is 0 Å². The maximum absolute atomic E-state index is 13.3. The zero-order valence-electron chi connectivity index (χ0n) is 14.9. The van der Waals surface area contributed by atoms with E-state index in [0.717, 1.165) is 64.3 Å². The molecule has 3 rings (SSSR count). The summed E-state index contributed by atoms with van der Waals surface area (Å²) in [7, 11) is 0. The zero-order valence-corrected chi connectivity index (χ0v) is 14.9. The summed E-state index contributed by atoms with van der Waals surface area (Å²) in [5.41, 5.74) is 0.863. The Hall–Kier alpha value is -1.50. The minimum absolute atomic E-state index is 0.0388. The smallest absolute Gasteiger partial charge is 0.242 e. The number of nitrogens with one attached hydrogen (secondary N) is 1. The minimum atomic E-state index is -0.338. The Morgan fingerprint density at radius 3 is 2.52 bits per heavy atom. The van der Waals surface area contributed by atoms with Crippen LogP contribution in [0, 0.1) is 5.82 Å². The van der Waals surface area contributed by atoms with E-state index in [0.29, 0.717) is 6.04 Å². The third kappa shape index (κ3) is 5.23. The molecule has 1 N–H and O–H groups in total. The Labute approximate surface area is 149 Å². The van der Waals surface area contributed by atoms with Crippen molar-refractivity contribution in [3.05, 3.63) is 35.6 Å². The number of carbonyl (C=O) groups is 1. The van der Waals surface area contributed by atoms with Crippen molar-refractivity contribution in [2.24, 2.45) is 0 Å². The zero-order chi connectivity index (χ0) is 17.6. The summed E-state index contributed by atoms with van der Waals surface area (Å²) in [5.74, 6) is -0.234. The van der Waals surface area contributed by atoms with Crippen LogP contribution in [-0.4, -0.2) is 67.7 Å². The first-order valence-corrected chi connectivity index (χ1v) is 9.27. The van der Waals surface area contributed by atoms with Crippen molar-refractivity contribution in [3.63, 3.8) is 0 Å². The molecule has 1 aliphatic carbocycles. The summed E-state index contributed by atoms with van der Waals surface area (Å²) >= 11 is 0. The summed E-state index contributed by atoms with van der Waals surface area (Å²) in [6.07, 6.45) is 2.13. The van der Waals surface area contributed by atoms with Crippen LogP contribution in [0.1, 0.15) is 31.4 Å². The van der Waals surface area contributed by atoms with Crippen molar-refractivity contribution >= 4 is 5.91 Å². The highest BCUT2D eigenvalue weighted by Crippen LogP contribution is 2.26. The van der Waals surface area contributed by atoms with Crippen LogP contribution in [0.5, 0.6) is 0 Å².